The van der Waals surface area contributed by atoms with Gasteiger partial charge >= 0.3 is 0 Å². The van der Waals surface area contributed by atoms with Crippen molar-refractivity contribution >= 4 is 5.78 Å². The zero-order valence-corrected chi connectivity index (χ0v) is 8.13. The van der Waals surface area contributed by atoms with E-state index in [4.69, 9.17) is 4.74 Å². The Labute approximate surface area is 82.7 Å². The number of hydrogen-bond donors (Lipinski definition) is 0. The lowest BCUT2D eigenvalue weighted by Crippen LogP contribution is -2.09. The molecule has 1 aromatic rings. The van der Waals surface area contributed by atoms with Gasteiger partial charge in [-0.2, -0.15) is 0 Å². The summed E-state index contributed by atoms with van der Waals surface area (Å²) in [4.78, 5) is 11.4. The first kappa shape index (κ1) is 10.9. The molecule has 14 heavy (non-hydrogen) atoms. The Morgan fingerprint density at radius 3 is 2.93 bits per heavy atom. The molecule has 0 N–H and O–H groups in total. The van der Waals surface area contributed by atoms with E-state index in [0.717, 1.165) is 6.42 Å². The first-order valence-corrected chi connectivity index (χ1v) is 4.60. The molecule has 0 aliphatic rings. The van der Waals surface area contributed by atoms with Crippen molar-refractivity contribution in [2.24, 2.45) is 0 Å². The summed E-state index contributed by atoms with van der Waals surface area (Å²) < 4.78 is 17.8. The van der Waals surface area contributed by atoms with Gasteiger partial charge in [0.2, 0.25) is 0 Å². The normalized spacial score (nSPS) is 10.1. The van der Waals surface area contributed by atoms with Gasteiger partial charge in [-0.25, -0.2) is 4.39 Å². The number of ketones is 1. The molecule has 0 aliphatic heterocycles. The summed E-state index contributed by atoms with van der Waals surface area (Å²) >= 11 is 0. The monoisotopic (exact) mass is 196 g/mol. The second kappa shape index (κ2) is 5.50. The van der Waals surface area contributed by atoms with Gasteiger partial charge in [-0.15, -0.1) is 0 Å². The Morgan fingerprint density at radius 1 is 1.50 bits per heavy atom. The summed E-state index contributed by atoms with van der Waals surface area (Å²) in [6.07, 6.45) is 0.871. The van der Waals surface area contributed by atoms with Gasteiger partial charge in [-0.05, 0) is 18.6 Å². The first-order chi connectivity index (χ1) is 6.74. The van der Waals surface area contributed by atoms with Gasteiger partial charge in [0.1, 0.15) is 12.4 Å². The van der Waals surface area contributed by atoms with Gasteiger partial charge in [0.05, 0.1) is 0 Å². The molecule has 2 nitrogen and oxygen atoms in total. The minimum atomic E-state index is -0.397. The summed E-state index contributed by atoms with van der Waals surface area (Å²) in [7, 11) is 0. The average molecular weight is 196 g/mol. The zero-order chi connectivity index (χ0) is 10.4. The molecular weight excluding hydrogens is 183 g/mol. The quantitative estimate of drug-likeness (QED) is 0.534. The lowest BCUT2D eigenvalue weighted by atomic mass is 10.1. The van der Waals surface area contributed by atoms with E-state index in [2.05, 4.69) is 0 Å². The molecule has 0 aromatic heterocycles. The third-order valence-electron chi connectivity index (χ3n) is 1.73. The van der Waals surface area contributed by atoms with E-state index in [1.54, 1.807) is 6.07 Å². The van der Waals surface area contributed by atoms with Crippen LogP contribution in [-0.4, -0.2) is 19.0 Å². The van der Waals surface area contributed by atoms with Crippen LogP contribution >= 0.6 is 0 Å². The number of hydrogen-bond acceptors (Lipinski definition) is 2. The minimum absolute atomic E-state index is 0.0251. The van der Waals surface area contributed by atoms with E-state index < -0.39 is 5.82 Å². The Hall–Kier alpha value is -1.22. The molecule has 0 saturated carbocycles. The Kier molecular flexibility index (Phi) is 4.26. The second-order valence-corrected chi connectivity index (χ2v) is 2.99. The molecule has 0 heterocycles. The van der Waals surface area contributed by atoms with Crippen LogP contribution in [0.1, 0.15) is 23.7 Å². The van der Waals surface area contributed by atoms with E-state index in [1.807, 2.05) is 6.92 Å². The van der Waals surface area contributed by atoms with Crippen molar-refractivity contribution < 1.29 is 13.9 Å². The molecule has 0 amide bonds. The molecule has 0 bridgehead atoms. The standard InChI is InChI=1S/C11H13FO2/c1-2-6-14-8-11(13)9-4-3-5-10(12)7-9/h3-5,7H,2,6,8H2,1H3. The summed E-state index contributed by atoms with van der Waals surface area (Å²) in [6, 6.07) is 5.63. The topological polar surface area (TPSA) is 26.3 Å². The molecule has 0 saturated heterocycles. The van der Waals surface area contributed by atoms with Crippen LogP contribution in [0.5, 0.6) is 0 Å². The first-order valence-electron chi connectivity index (χ1n) is 4.60. The highest BCUT2D eigenvalue weighted by Crippen LogP contribution is 2.04. The van der Waals surface area contributed by atoms with E-state index in [0.29, 0.717) is 12.2 Å². The number of carbonyl (C=O) groups is 1. The van der Waals surface area contributed by atoms with E-state index in [9.17, 15) is 9.18 Å². The van der Waals surface area contributed by atoms with Crippen LogP contribution in [0.4, 0.5) is 4.39 Å². The van der Waals surface area contributed by atoms with E-state index in [1.165, 1.54) is 18.2 Å². The molecule has 1 rings (SSSR count). The minimum Gasteiger partial charge on any atom is -0.373 e. The van der Waals surface area contributed by atoms with Gasteiger partial charge < -0.3 is 4.74 Å². The van der Waals surface area contributed by atoms with Crippen LogP contribution in [0.2, 0.25) is 0 Å². The maximum Gasteiger partial charge on any atom is 0.188 e. The second-order valence-electron chi connectivity index (χ2n) is 2.99. The van der Waals surface area contributed by atoms with Gasteiger partial charge in [0.25, 0.3) is 0 Å². The SMILES string of the molecule is CCCOCC(=O)c1cccc(F)c1. The Bertz CT molecular complexity index is 310. The molecule has 0 fully saturated rings. The number of ether oxygens (including phenoxy) is 1. The van der Waals surface area contributed by atoms with Crippen LogP contribution in [0.25, 0.3) is 0 Å². The van der Waals surface area contributed by atoms with Crippen LogP contribution in [0, 0.1) is 5.82 Å². The predicted octanol–water partition coefficient (Wildman–Crippen LogP) is 2.44. The summed E-state index contributed by atoms with van der Waals surface area (Å²) in [5, 5.41) is 0. The van der Waals surface area contributed by atoms with Crippen molar-refractivity contribution in [3.05, 3.63) is 35.6 Å². The largest absolute Gasteiger partial charge is 0.373 e. The summed E-state index contributed by atoms with van der Waals surface area (Å²) in [6.45, 7) is 2.55. The number of Topliss-reactive ketones (excluding diaryl/α,β-unsaturated/α-hetero) is 1. The number of rotatable bonds is 5. The number of benzene rings is 1. The van der Waals surface area contributed by atoms with Crippen molar-refractivity contribution in [2.75, 3.05) is 13.2 Å². The Balaban J connectivity index is 2.52. The molecule has 1 aromatic carbocycles. The molecule has 0 spiro atoms. The van der Waals surface area contributed by atoms with Crippen molar-refractivity contribution in [2.45, 2.75) is 13.3 Å². The lowest BCUT2D eigenvalue weighted by molar-refractivity contribution is 0.0761. The fourth-order valence-electron chi connectivity index (χ4n) is 1.05. The van der Waals surface area contributed by atoms with Gasteiger partial charge in [-0.3, -0.25) is 4.79 Å². The van der Waals surface area contributed by atoms with Crippen LogP contribution in [0.15, 0.2) is 24.3 Å². The molecule has 0 radical (unpaired) electrons. The fraction of sp³-hybridized carbons (Fsp3) is 0.364. The summed E-state index contributed by atoms with van der Waals surface area (Å²) in [5.41, 5.74) is 0.362. The van der Waals surface area contributed by atoms with E-state index in [-0.39, 0.29) is 12.4 Å². The lowest BCUT2D eigenvalue weighted by Gasteiger charge is -2.01. The van der Waals surface area contributed by atoms with E-state index >= 15 is 0 Å². The van der Waals surface area contributed by atoms with Crippen molar-refractivity contribution in [3.8, 4) is 0 Å². The Morgan fingerprint density at radius 2 is 2.29 bits per heavy atom. The van der Waals surface area contributed by atoms with Crippen molar-refractivity contribution in [1.82, 2.24) is 0 Å². The maximum absolute atomic E-state index is 12.7. The number of halogens is 1. The smallest absolute Gasteiger partial charge is 0.188 e. The highest BCUT2D eigenvalue weighted by molar-refractivity contribution is 5.97. The van der Waals surface area contributed by atoms with Crippen molar-refractivity contribution in [1.29, 1.82) is 0 Å². The maximum atomic E-state index is 12.7. The molecule has 0 atom stereocenters. The van der Waals surface area contributed by atoms with Gasteiger partial charge in [-0.1, -0.05) is 19.1 Å². The third kappa shape index (κ3) is 3.26. The van der Waals surface area contributed by atoms with Gasteiger partial charge in [0.15, 0.2) is 5.78 Å². The highest BCUT2D eigenvalue weighted by atomic mass is 19.1. The van der Waals surface area contributed by atoms with Crippen LogP contribution in [-0.2, 0) is 4.74 Å². The number of carbonyl (C=O) groups excluding carboxylic acids is 1. The predicted molar refractivity (Wildman–Crippen MR) is 51.8 cm³/mol. The molecule has 3 heteroatoms. The molecule has 0 aliphatic carbocycles. The zero-order valence-electron chi connectivity index (χ0n) is 8.13. The third-order valence-corrected chi connectivity index (χ3v) is 1.73. The van der Waals surface area contributed by atoms with Crippen LogP contribution < -0.4 is 0 Å². The van der Waals surface area contributed by atoms with Gasteiger partial charge in [0, 0.05) is 12.2 Å². The average Bonchev–Trinajstić information content (AvgIpc) is 2.18. The van der Waals surface area contributed by atoms with Crippen molar-refractivity contribution in [3.63, 3.8) is 0 Å². The molecule has 0 unspecified atom stereocenters. The highest BCUT2D eigenvalue weighted by Gasteiger charge is 2.05. The van der Waals surface area contributed by atoms with Crippen LogP contribution in [0.3, 0.4) is 0 Å². The summed E-state index contributed by atoms with van der Waals surface area (Å²) in [5.74, 6) is -0.579. The fourth-order valence-corrected chi connectivity index (χ4v) is 1.05. The molecular formula is C11H13FO2. The molecule has 76 valence electrons.